The molecule has 0 amide bonds. The lowest BCUT2D eigenvalue weighted by Gasteiger charge is -2.46. The fraction of sp³-hybridized carbons (Fsp3) is 0.944. The van der Waals surface area contributed by atoms with Crippen molar-refractivity contribution in [1.82, 2.24) is 0 Å². The van der Waals surface area contributed by atoms with Crippen LogP contribution in [0.1, 0.15) is 142 Å². The van der Waals surface area contributed by atoms with E-state index in [0.717, 1.165) is 44.9 Å². The van der Waals surface area contributed by atoms with Gasteiger partial charge in [-0.1, -0.05) is 117 Å². The SMILES string of the molecule is CCCCCCCCCCCC(=O)OC[C@H]1O[C@@H](O[C@H]2[C@H](OC(=O)CCCCCCCCCCC)[C@@H](O)[C@@H](O)O[C@@H]2CO)[C@H](O)[C@@H](O)[C@H]1O. The molecule has 2 aliphatic heterocycles. The van der Waals surface area contributed by atoms with Gasteiger partial charge in [-0.15, -0.1) is 0 Å². The van der Waals surface area contributed by atoms with Crippen molar-refractivity contribution in [3.05, 3.63) is 0 Å². The highest BCUT2D eigenvalue weighted by atomic mass is 16.7. The molecule has 0 aromatic carbocycles. The summed E-state index contributed by atoms with van der Waals surface area (Å²) in [4.78, 5) is 25.1. The molecular weight excluding hydrogens is 640 g/mol. The van der Waals surface area contributed by atoms with Crippen molar-refractivity contribution in [2.24, 2.45) is 0 Å². The molecule has 2 aliphatic rings. The van der Waals surface area contributed by atoms with Crippen LogP contribution in [0, 0.1) is 0 Å². The smallest absolute Gasteiger partial charge is 0.306 e. The van der Waals surface area contributed by atoms with Crippen molar-refractivity contribution in [2.75, 3.05) is 13.2 Å². The fourth-order valence-corrected chi connectivity index (χ4v) is 6.29. The Hall–Kier alpha value is -1.42. The standard InChI is InChI=1S/C36H66O13/c1-3-5-7-9-11-13-15-17-19-21-27(38)45-24-26-29(40)30(41)31(42)36(47-26)49-33-25(23-37)46-35(44)32(43)34(33)48-28(39)22-20-18-16-14-12-10-8-6-4-2/h25-26,29-37,40-44H,3-24H2,1-2H3/t25-,26-,29+,30+,31-,32-,33-,34-,35+,36+/m1/s1. The molecule has 0 bridgehead atoms. The average Bonchev–Trinajstić information content (AvgIpc) is 3.09. The zero-order valence-corrected chi connectivity index (χ0v) is 29.9. The molecule has 288 valence electrons. The largest absolute Gasteiger partial charge is 0.463 e. The predicted molar refractivity (Wildman–Crippen MR) is 180 cm³/mol. The molecule has 10 atom stereocenters. The van der Waals surface area contributed by atoms with Crippen molar-refractivity contribution in [2.45, 2.75) is 204 Å². The van der Waals surface area contributed by atoms with E-state index in [4.69, 9.17) is 23.7 Å². The number of aliphatic hydroxyl groups is 6. The van der Waals surface area contributed by atoms with E-state index in [1.165, 1.54) is 57.8 Å². The normalized spacial score (nSPS) is 30.3. The van der Waals surface area contributed by atoms with E-state index in [9.17, 15) is 40.2 Å². The van der Waals surface area contributed by atoms with Gasteiger partial charge in [0.15, 0.2) is 18.7 Å². The quantitative estimate of drug-likeness (QED) is 0.0564. The average molecular weight is 707 g/mol. The highest BCUT2D eigenvalue weighted by molar-refractivity contribution is 5.69. The Kier molecular flexibility index (Phi) is 22.8. The molecular formula is C36H66O13. The van der Waals surface area contributed by atoms with E-state index in [-0.39, 0.29) is 12.8 Å². The lowest BCUT2D eigenvalue weighted by Crippen LogP contribution is -2.65. The van der Waals surface area contributed by atoms with Crippen molar-refractivity contribution < 1.29 is 63.9 Å². The monoisotopic (exact) mass is 706 g/mol. The number of rotatable bonds is 26. The number of hydrogen-bond acceptors (Lipinski definition) is 13. The van der Waals surface area contributed by atoms with Crippen LogP contribution in [0.15, 0.2) is 0 Å². The highest BCUT2D eigenvalue weighted by Gasteiger charge is 2.52. The van der Waals surface area contributed by atoms with Gasteiger partial charge in [0, 0.05) is 12.8 Å². The Morgan fingerprint density at radius 1 is 0.551 bits per heavy atom. The zero-order chi connectivity index (χ0) is 36.0. The fourth-order valence-electron chi connectivity index (χ4n) is 6.29. The van der Waals surface area contributed by atoms with Crippen molar-refractivity contribution >= 4 is 11.9 Å². The number of aliphatic hydroxyl groups excluding tert-OH is 6. The highest BCUT2D eigenvalue weighted by Crippen LogP contribution is 2.30. The number of ether oxygens (including phenoxy) is 5. The number of hydrogen-bond donors (Lipinski definition) is 6. The van der Waals surface area contributed by atoms with Gasteiger partial charge in [-0.2, -0.15) is 0 Å². The maximum atomic E-state index is 12.8. The van der Waals surface area contributed by atoms with E-state index in [1.54, 1.807) is 0 Å². The van der Waals surface area contributed by atoms with Crippen LogP contribution in [0.2, 0.25) is 0 Å². The minimum atomic E-state index is -1.80. The zero-order valence-electron chi connectivity index (χ0n) is 29.9. The molecule has 0 aromatic rings. The van der Waals surface area contributed by atoms with Gasteiger partial charge in [-0.05, 0) is 12.8 Å². The molecule has 2 saturated heterocycles. The van der Waals surface area contributed by atoms with Crippen LogP contribution in [0.5, 0.6) is 0 Å². The third kappa shape index (κ3) is 16.2. The van der Waals surface area contributed by atoms with Gasteiger partial charge in [0.1, 0.15) is 49.3 Å². The first-order valence-corrected chi connectivity index (χ1v) is 19.0. The predicted octanol–water partition coefficient (Wildman–Crippen LogP) is 3.55. The van der Waals surface area contributed by atoms with E-state index in [1.807, 2.05) is 0 Å². The Morgan fingerprint density at radius 3 is 1.55 bits per heavy atom. The maximum Gasteiger partial charge on any atom is 0.306 e. The van der Waals surface area contributed by atoms with Crippen LogP contribution in [0.4, 0.5) is 0 Å². The molecule has 0 aromatic heterocycles. The van der Waals surface area contributed by atoms with E-state index < -0.39 is 86.6 Å². The minimum Gasteiger partial charge on any atom is -0.463 e. The summed E-state index contributed by atoms with van der Waals surface area (Å²) in [6.07, 6.45) is 3.65. The molecule has 0 aliphatic carbocycles. The second-order valence-corrected chi connectivity index (χ2v) is 13.6. The van der Waals surface area contributed by atoms with Gasteiger partial charge in [-0.25, -0.2) is 0 Å². The van der Waals surface area contributed by atoms with Crippen LogP contribution in [0.3, 0.4) is 0 Å². The summed E-state index contributed by atoms with van der Waals surface area (Å²) < 4.78 is 27.6. The first-order chi connectivity index (χ1) is 23.6. The van der Waals surface area contributed by atoms with Gasteiger partial charge >= 0.3 is 11.9 Å². The van der Waals surface area contributed by atoms with E-state index in [2.05, 4.69) is 13.8 Å². The molecule has 2 rings (SSSR count). The molecule has 2 fully saturated rings. The van der Waals surface area contributed by atoms with Gasteiger partial charge < -0.3 is 54.3 Å². The molecule has 0 unspecified atom stereocenters. The lowest BCUT2D eigenvalue weighted by molar-refractivity contribution is -0.355. The first-order valence-electron chi connectivity index (χ1n) is 19.0. The Balaban J connectivity index is 1.88. The van der Waals surface area contributed by atoms with Crippen LogP contribution in [0.25, 0.3) is 0 Å². The third-order valence-corrected chi connectivity index (χ3v) is 9.42. The number of esters is 2. The topological polar surface area (TPSA) is 202 Å². The molecule has 0 spiro atoms. The molecule has 0 radical (unpaired) electrons. The van der Waals surface area contributed by atoms with E-state index >= 15 is 0 Å². The van der Waals surface area contributed by atoms with Crippen molar-refractivity contribution in [3.63, 3.8) is 0 Å². The van der Waals surface area contributed by atoms with Crippen LogP contribution >= 0.6 is 0 Å². The summed E-state index contributed by atoms with van der Waals surface area (Å²) in [7, 11) is 0. The summed E-state index contributed by atoms with van der Waals surface area (Å²) in [6, 6.07) is 0. The Morgan fingerprint density at radius 2 is 1.04 bits per heavy atom. The summed E-state index contributed by atoms with van der Waals surface area (Å²) >= 11 is 0. The lowest BCUT2D eigenvalue weighted by atomic mass is 9.96. The molecule has 13 heteroatoms. The first kappa shape index (κ1) is 43.7. The van der Waals surface area contributed by atoms with Crippen LogP contribution in [-0.2, 0) is 33.3 Å². The van der Waals surface area contributed by atoms with Gasteiger partial charge in [0.05, 0.1) is 6.61 Å². The second-order valence-electron chi connectivity index (χ2n) is 13.6. The third-order valence-electron chi connectivity index (χ3n) is 9.42. The van der Waals surface area contributed by atoms with Crippen LogP contribution in [-0.4, -0.2) is 117 Å². The summed E-state index contributed by atoms with van der Waals surface area (Å²) in [5.41, 5.74) is 0. The number of carbonyl (C=O) groups is 2. The molecule has 0 saturated carbocycles. The summed E-state index contributed by atoms with van der Waals surface area (Å²) in [6.45, 7) is 3.22. The van der Waals surface area contributed by atoms with Crippen LogP contribution < -0.4 is 0 Å². The van der Waals surface area contributed by atoms with Gasteiger partial charge in [0.25, 0.3) is 0 Å². The second kappa shape index (κ2) is 25.5. The van der Waals surface area contributed by atoms with Gasteiger partial charge in [-0.3, -0.25) is 9.59 Å². The summed E-state index contributed by atoms with van der Waals surface area (Å²) in [5.74, 6) is -1.14. The minimum absolute atomic E-state index is 0.0620. The Labute approximate surface area is 292 Å². The Bertz CT molecular complexity index is 876. The maximum absolute atomic E-state index is 12.8. The van der Waals surface area contributed by atoms with Gasteiger partial charge in [0.2, 0.25) is 0 Å². The molecule has 13 nitrogen and oxygen atoms in total. The molecule has 6 N–H and O–H groups in total. The van der Waals surface area contributed by atoms with E-state index in [0.29, 0.717) is 12.8 Å². The molecule has 49 heavy (non-hydrogen) atoms. The van der Waals surface area contributed by atoms with Crippen molar-refractivity contribution in [3.8, 4) is 0 Å². The molecule has 2 heterocycles. The van der Waals surface area contributed by atoms with Crippen molar-refractivity contribution in [1.29, 1.82) is 0 Å². The summed E-state index contributed by atoms with van der Waals surface area (Å²) in [5, 5.41) is 62.7. The number of unbranched alkanes of at least 4 members (excludes halogenated alkanes) is 16. The number of carbonyl (C=O) groups excluding carboxylic acids is 2.